The molecule has 0 fully saturated rings. The zero-order chi connectivity index (χ0) is 17.3. The Bertz CT molecular complexity index is 894. The molecule has 1 amide bonds. The fraction of sp³-hybridized carbons (Fsp3) is 0.176. The zero-order valence-corrected chi connectivity index (χ0v) is 14.9. The lowest BCUT2D eigenvalue weighted by Gasteiger charge is -2.18. The fourth-order valence-corrected chi connectivity index (χ4v) is 3.17. The summed E-state index contributed by atoms with van der Waals surface area (Å²) in [5.74, 6) is -0.0686. The summed E-state index contributed by atoms with van der Waals surface area (Å²) < 4.78 is 28.6. The summed E-state index contributed by atoms with van der Waals surface area (Å²) in [5, 5.41) is 0. The molecule has 0 saturated carbocycles. The van der Waals surface area contributed by atoms with Gasteiger partial charge in [-0.2, -0.15) is 8.78 Å². The van der Waals surface area contributed by atoms with Gasteiger partial charge in [-0.1, -0.05) is 24.3 Å². The van der Waals surface area contributed by atoms with E-state index in [2.05, 4.69) is 27.6 Å². The molecule has 7 heteroatoms. The van der Waals surface area contributed by atoms with Crippen molar-refractivity contribution in [3.8, 4) is 0 Å². The number of alkyl halides is 2. The summed E-state index contributed by atoms with van der Waals surface area (Å²) in [4.78, 5) is 18.2. The number of nitrogens with zero attached hydrogens (tertiary/aromatic N) is 3. The molecule has 0 bridgehead atoms. The van der Waals surface area contributed by atoms with Crippen molar-refractivity contribution >= 4 is 39.5 Å². The molecule has 4 nitrogen and oxygen atoms in total. The Morgan fingerprint density at radius 2 is 1.88 bits per heavy atom. The van der Waals surface area contributed by atoms with Crippen molar-refractivity contribution < 1.29 is 13.6 Å². The zero-order valence-electron chi connectivity index (χ0n) is 12.8. The van der Waals surface area contributed by atoms with Crippen LogP contribution in [0.5, 0.6) is 0 Å². The van der Waals surface area contributed by atoms with E-state index >= 15 is 0 Å². The summed E-state index contributed by atoms with van der Waals surface area (Å²) in [7, 11) is 1.58. The van der Waals surface area contributed by atoms with E-state index in [1.54, 1.807) is 43.4 Å². The monoisotopic (exact) mass is 441 g/mol. The predicted octanol–water partition coefficient (Wildman–Crippen LogP) is 4.31. The average molecular weight is 441 g/mol. The average Bonchev–Trinajstić information content (AvgIpc) is 2.92. The van der Waals surface area contributed by atoms with Crippen molar-refractivity contribution in [2.75, 3.05) is 7.05 Å². The standard InChI is InChI=1S/C17H14F2IN3O/c1-22(16(24)11-6-2-3-7-12(11)20)10-15-21-13-8-4-5-9-14(13)23(15)17(18)19/h2-9,17H,10H2,1H3. The van der Waals surface area contributed by atoms with Gasteiger partial charge in [0.1, 0.15) is 5.82 Å². The largest absolute Gasteiger partial charge is 0.334 e. The third kappa shape index (κ3) is 3.12. The molecular weight excluding hydrogens is 427 g/mol. The molecule has 124 valence electrons. The molecule has 0 saturated heterocycles. The van der Waals surface area contributed by atoms with E-state index in [9.17, 15) is 13.6 Å². The van der Waals surface area contributed by atoms with Gasteiger partial charge < -0.3 is 4.90 Å². The summed E-state index contributed by atoms with van der Waals surface area (Å²) in [6.07, 6.45) is 0. The Morgan fingerprint density at radius 3 is 2.58 bits per heavy atom. The molecule has 1 aromatic heterocycles. The van der Waals surface area contributed by atoms with E-state index in [4.69, 9.17) is 0 Å². The second kappa shape index (κ2) is 6.84. The number of carbonyl (C=O) groups is 1. The molecule has 0 aliphatic heterocycles. The number of rotatable bonds is 4. The van der Waals surface area contributed by atoms with Crippen LogP contribution in [-0.4, -0.2) is 27.4 Å². The molecule has 3 rings (SSSR count). The summed E-state index contributed by atoms with van der Waals surface area (Å²) >= 11 is 2.08. The Morgan fingerprint density at radius 1 is 1.21 bits per heavy atom. The van der Waals surface area contributed by atoms with Crippen molar-refractivity contribution in [2.24, 2.45) is 0 Å². The second-order valence-corrected chi connectivity index (χ2v) is 6.47. The highest BCUT2D eigenvalue weighted by atomic mass is 127. The highest BCUT2D eigenvalue weighted by molar-refractivity contribution is 14.1. The highest BCUT2D eigenvalue weighted by Gasteiger charge is 2.21. The van der Waals surface area contributed by atoms with Crippen molar-refractivity contribution in [1.82, 2.24) is 14.5 Å². The first-order valence-electron chi connectivity index (χ1n) is 7.23. The van der Waals surface area contributed by atoms with E-state index in [0.29, 0.717) is 16.6 Å². The molecular formula is C17H14F2IN3O. The van der Waals surface area contributed by atoms with Crippen LogP contribution in [0.15, 0.2) is 48.5 Å². The Labute approximate surface area is 151 Å². The minimum absolute atomic E-state index is 0.00281. The molecule has 0 aliphatic rings. The number of hydrogen-bond acceptors (Lipinski definition) is 2. The summed E-state index contributed by atoms with van der Waals surface area (Å²) in [6, 6.07) is 13.9. The van der Waals surface area contributed by atoms with Crippen LogP contribution in [-0.2, 0) is 6.54 Å². The van der Waals surface area contributed by atoms with Gasteiger partial charge in [0, 0.05) is 10.6 Å². The molecule has 3 aromatic rings. The highest BCUT2D eigenvalue weighted by Crippen LogP contribution is 2.24. The first-order chi connectivity index (χ1) is 11.5. The van der Waals surface area contributed by atoms with Crippen LogP contribution in [0.4, 0.5) is 8.78 Å². The van der Waals surface area contributed by atoms with Crippen molar-refractivity contribution in [3.63, 3.8) is 0 Å². The number of carbonyl (C=O) groups excluding carboxylic acids is 1. The third-order valence-corrected chi connectivity index (χ3v) is 4.63. The van der Waals surface area contributed by atoms with Gasteiger partial charge in [0.05, 0.1) is 23.1 Å². The Balaban J connectivity index is 1.93. The molecule has 0 atom stereocenters. The van der Waals surface area contributed by atoms with Gasteiger partial charge >= 0.3 is 6.55 Å². The van der Waals surface area contributed by atoms with Gasteiger partial charge in [-0.25, -0.2) is 4.98 Å². The first kappa shape index (κ1) is 16.8. The van der Waals surface area contributed by atoms with E-state index < -0.39 is 6.55 Å². The van der Waals surface area contributed by atoms with Crippen LogP contribution in [0.25, 0.3) is 11.0 Å². The lowest BCUT2D eigenvalue weighted by atomic mass is 10.2. The van der Waals surface area contributed by atoms with Gasteiger partial charge in [0.15, 0.2) is 0 Å². The molecule has 0 radical (unpaired) electrons. The minimum atomic E-state index is -2.72. The molecule has 0 spiro atoms. The maximum atomic E-state index is 13.4. The first-order valence-corrected chi connectivity index (χ1v) is 8.31. The van der Waals surface area contributed by atoms with Crippen LogP contribution in [0.2, 0.25) is 0 Å². The number of para-hydroxylation sites is 2. The maximum Gasteiger partial charge on any atom is 0.320 e. The van der Waals surface area contributed by atoms with Crippen LogP contribution in [0, 0.1) is 3.57 Å². The number of fused-ring (bicyclic) bond motifs is 1. The summed E-state index contributed by atoms with van der Waals surface area (Å²) in [6.45, 7) is -2.71. The van der Waals surface area contributed by atoms with E-state index in [0.717, 1.165) is 8.14 Å². The minimum Gasteiger partial charge on any atom is -0.334 e. The lowest BCUT2D eigenvalue weighted by Crippen LogP contribution is -2.28. The van der Waals surface area contributed by atoms with E-state index in [-0.39, 0.29) is 18.3 Å². The van der Waals surface area contributed by atoms with Crippen LogP contribution >= 0.6 is 22.6 Å². The molecule has 1 heterocycles. The SMILES string of the molecule is CN(Cc1nc2ccccc2n1C(F)F)C(=O)c1ccccc1I. The predicted molar refractivity (Wildman–Crippen MR) is 95.9 cm³/mol. The fourth-order valence-electron chi connectivity index (χ4n) is 2.55. The van der Waals surface area contributed by atoms with Gasteiger partial charge in [0.2, 0.25) is 0 Å². The number of amides is 1. The van der Waals surface area contributed by atoms with Gasteiger partial charge in [0.25, 0.3) is 5.91 Å². The normalized spacial score (nSPS) is 11.2. The number of hydrogen-bond donors (Lipinski definition) is 0. The van der Waals surface area contributed by atoms with Gasteiger partial charge in [-0.05, 0) is 46.9 Å². The lowest BCUT2D eigenvalue weighted by molar-refractivity contribution is 0.0646. The van der Waals surface area contributed by atoms with Crippen LogP contribution < -0.4 is 0 Å². The maximum absolute atomic E-state index is 13.4. The topological polar surface area (TPSA) is 38.1 Å². The number of benzene rings is 2. The number of aromatic nitrogens is 2. The third-order valence-electron chi connectivity index (χ3n) is 3.69. The molecule has 0 aliphatic carbocycles. The Kier molecular flexibility index (Phi) is 4.79. The smallest absolute Gasteiger partial charge is 0.320 e. The molecule has 0 unspecified atom stereocenters. The van der Waals surface area contributed by atoms with Crippen molar-refractivity contribution in [2.45, 2.75) is 13.1 Å². The van der Waals surface area contributed by atoms with Gasteiger partial charge in [-0.15, -0.1) is 0 Å². The molecule has 2 aromatic carbocycles. The summed E-state index contributed by atoms with van der Waals surface area (Å²) in [5.41, 5.74) is 1.39. The second-order valence-electron chi connectivity index (χ2n) is 5.31. The van der Waals surface area contributed by atoms with E-state index in [1.807, 2.05) is 12.1 Å². The Hall–Kier alpha value is -2.03. The number of halogens is 3. The van der Waals surface area contributed by atoms with Crippen LogP contribution in [0.3, 0.4) is 0 Å². The molecule has 0 N–H and O–H groups in total. The molecule has 24 heavy (non-hydrogen) atoms. The van der Waals surface area contributed by atoms with Crippen molar-refractivity contribution in [1.29, 1.82) is 0 Å². The van der Waals surface area contributed by atoms with E-state index in [1.165, 1.54) is 4.90 Å². The van der Waals surface area contributed by atoms with Gasteiger partial charge in [-0.3, -0.25) is 9.36 Å². The quantitative estimate of drug-likeness (QED) is 0.567. The number of imidazole rings is 1. The van der Waals surface area contributed by atoms with Crippen molar-refractivity contribution in [3.05, 3.63) is 63.5 Å². The van der Waals surface area contributed by atoms with Crippen LogP contribution in [0.1, 0.15) is 22.7 Å².